The molecule has 1 aliphatic heterocycles. The lowest BCUT2D eigenvalue weighted by molar-refractivity contribution is -0.00523. The minimum Gasteiger partial charge on any atom is -0.372 e. The smallest absolute Gasteiger partial charge is 0.185 e. The number of thiazole rings is 1. The van der Waals surface area contributed by atoms with Crippen molar-refractivity contribution in [3.8, 4) is 0 Å². The first kappa shape index (κ1) is 10.9. The zero-order valence-corrected chi connectivity index (χ0v) is 9.96. The topological polar surface area (TPSA) is 51.4 Å². The molecule has 0 aliphatic carbocycles. The van der Waals surface area contributed by atoms with E-state index < -0.39 is 0 Å². The minimum absolute atomic E-state index is 0.277. The first-order valence-electron chi connectivity index (χ1n) is 5.24. The zero-order valence-electron chi connectivity index (χ0n) is 9.14. The molecular weight excluding hydrogens is 210 g/mol. The van der Waals surface area contributed by atoms with E-state index in [9.17, 15) is 0 Å². The Morgan fingerprint density at radius 3 is 2.73 bits per heavy atom. The van der Waals surface area contributed by atoms with Crippen LogP contribution in [0.5, 0.6) is 0 Å². The van der Waals surface area contributed by atoms with Crippen LogP contribution in [0.1, 0.15) is 19.5 Å². The molecule has 84 valence electrons. The third-order valence-corrected chi connectivity index (χ3v) is 3.39. The van der Waals surface area contributed by atoms with Crippen molar-refractivity contribution >= 4 is 16.5 Å². The maximum Gasteiger partial charge on any atom is 0.185 e. The largest absolute Gasteiger partial charge is 0.372 e. The number of hydrogen-bond acceptors (Lipinski definition) is 5. The van der Waals surface area contributed by atoms with Crippen molar-refractivity contribution in [1.82, 2.24) is 4.98 Å². The summed E-state index contributed by atoms with van der Waals surface area (Å²) in [6.45, 7) is 6.55. The zero-order chi connectivity index (χ0) is 10.8. The highest BCUT2D eigenvalue weighted by molar-refractivity contribution is 7.13. The van der Waals surface area contributed by atoms with Crippen LogP contribution < -0.4 is 10.6 Å². The number of ether oxygens (including phenoxy) is 1. The van der Waals surface area contributed by atoms with E-state index in [0.29, 0.717) is 6.54 Å². The molecule has 0 amide bonds. The molecule has 0 saturated carbocycles. The molecule has 1 aromatic heterocycles. The third kappa shape index (κ3) is 2.48. The average Bonchev–Trinajstić information content (AvgIpc) is 2.64. The second-order valence-electron chi connectivity index (χ2n) is 3.99. The lowest BCUT2D eigenvalue weighted by atomic mass is 10.2. The van der Waals surface area contributed by atoms with Crippen LogP contribution >= 0.6 is 11.3 Å². The average molecular weight is 227 g/mol. The summed E-state index contributed by atoms with van der Waals surface area (Å²) in [7, 11) is 0. The Labute approximate surface area is 94.1 Å². The predicted molar refractivity (Wildman–Crippen MR) is 62.2 cm³/mol. The van der Waals surface area contributed by atoms with E-state index in [4.69, 9.17) is 10.5 Å². The summed E-state index contributed by atoms with van der Waals surface area (Å²) in [6, 6.07) is 0. The summed E-state index contributed by atoms with van der Waals surface area (Å²) >= 11 is 1.66. The summed E-state index contributed by atoms with van der Waals surface area (Å²) in [6.07, 6.45) is 0.554. The molecule has 1 saturated heterocycles. The summed E-state index contributed by atoms with van der Waals surface area (Å²) in [5.41, 5.74) is 6.52. The summed E-state index contributed by atoms with van der Waals surface area (Å²) in [4.78, 5) is 6.77. The standard InChI is InChI=1S/C10H17N3OS/c1-7-4-13(5-8(2)14-7)10-12-9(3-11)6-15-10/h6-8H,3-5,11H2,1-2H3. The Balaban J connectivity index is 2.09. The van der Waals surface area contributed by atoms with Gasteiger partial charge in [0, 0.05) is 25.0 Å². The number of nitrogens with two attached hydrogens (primary N) is 1. The van der Waals surface area contributed by atoms with Gasteiger partial charge in [-0.25, -0.2) is 4.98 Å². The molecule has 2 N–H and O–H groups in total. The molecule has 0 spiro atoms. The van der Waals surface area contributed by atoms with Crippen LogP contribution in [0.15, 0.2) is 5.38 Å². The second-order valence-corrected chi connectivity index (χ2v) is 4.82. The van der Waals surface area contributed by atoms with Gasteiger partial charge in [0.1, 0.15) is 0 Å². The SMILES string of the molecule is CC1CN(c2nc(CN)cs2)CC(C)O1. The second kappa shape index (κ2) is 4.47. The van der Waals surface area contributed by atoms with Crippen LogP contribution in [0.4, 0.5) is 5.13 Å². The van der Waals surface area contributed by atoms with Gasteiger partial charge < -0.3 is 15.4 Å². The number of morpholine rings is 1. The lowest BCUT2D eigenvalue weighted by Gasteiger charge is -2.35. The van der Waals surface area contributed by atoms with Crippen molar-refractivity contribution in [2.24, 2.45) is 5.73 Å². The number of nitrogens with zero attached hydrogens (tertiary/aromatic N) is 2. The molecule has 5 heteroatoms. The minimum atomic E-state index is 0.277. The molecular formula is C10H17N3OS. The van der Waals surface area contributed by atoms with Crippen molar-refractivity contribution in [3.63, 3.8) is 0 Å². The van der Waals surface area contributed by atoms with Crippen LogP contribution in [0.25, 0.3) is 0 Å². The predicted octanol–water partition coefficient (Wildman–Crippen LogP) is 1.22. The van der Waals surface area contributed by atoms with Gasteiger partial charge in [-0.2, -0.15) is 0 Å². The molecule has 0 bridgehead atoms. The fourth-order valence-electron chi connectivity index (χ4n) is 1.87. The van der Waals surface area contributed by atoms with E-state index in [1.165, 1.54) is 0 Å². The first-order chi connectivity index (χ1) is 7.19. The van der Waals surface area contributed by atoms with Crippen LogP contribution in [-0.2, 0) is 11.3 Å². The maximum atomic E-state index is 5.68. The van der Waals surface area contributed by atoms with E-state index in [1.54, 1.807) is 11.3 Å². The van der Waals surface area contributed by atoms with Crippen molar-refractivity contribution in [2.45, 2.75) is 32.6 Å². The Morgan fingerprint density at radius 1 is 1.53 bits per heavy atom. The fraction of sp³-hybridized carbons (Fsp3) is 0.700. The van der Waals surface area contributed by atoms with Crippen molar-refractivity contribution < 1.29 is 4.74 Å². The molecule has 4 nitrogen and oxygen atoms in total. The van der Waals surface area contributed by atoms with Gasteiger partial charge in [-0.1, -0.05) is 0 Å². The molecule has 1 aromatic rings. The van der Waals surface area contributed by atoms with E-state index >= 15 is 0 Å². The maximum absolute atomic E-state index is 5.68. The summed E-state index contributed by atoms with van der Waals surface area (Å²) in [5.74, 6) is 0. The van der Waals surface area contributed by atoms with Gasteiger partial charge in [-0.3, -0.25) is 0 Å². The van der Waals surface area contributed by atoms with Gasteiger partial charge in [0.15, 0.2) is 5.13 Å². The number of aromatic nitrogens is 1. The van der Waals surface area contributed by atoms with Crippen molar-refractivity contribution in [1.29, 1.82) is 0 Å². The Kier molecular flexibility index (Phi) is 3.23. The highest BCUT2D eigenvalue weighted by Crippen LogP contribution is 2.24. The number of rotatable bonds is 2. The molecule has 1 aliphatic rings. The molecule has 1 fully saturated rings. The van der Waals surface area contributed by atoms with Gasteiger partial charge in [0.25, 0.3) is 0 Å². The van der Waals surface area contributed by atoms with Crippen LogP contribution in [-0.4, -0.2) is 30.3 Å². The van der Waals surface area contributed by atoms with Gasteiger partial charge in [-0.15, -0.1) is 11.3 Å². The molecule has 2 atom stereocenters. The molecule has 0 aromatic carbocycles. The Morgan fingerprint density at radius 2 is 2.20 bits per heavy atom. The molecule has 15 heavy (non-hydrogen) atoms. The monoisotopic (exact) mass is 227 g/mol. The number of anilines is 1. The van der Waals surface area contributed by atoms with Crippen LogP contribution in [0, 0.1) is 0 Å². The molecule has 2 rings (SSSR count). The first-order valence-corrected chi connectivity index (χ1v) is 6.12. The summed E-state index contributed by atoms with van der Waals surface area (Å²) < 4.78 is 5.68. The Bertz CT molecular complexity index is 318. The fourth-order valence-corrected chi connectivity index (χ4v) is 2.73. The highest BCUT2D eigenvalue weighted by Gasteiger charge is 2.23. The van der Waals surface area contributed by atoms with E-state index in [1.807, 2.05) is 5.38 Å². The third-order valence-electron chi connectivity index (χ3n) is 2.44. The van der Waals surface area contributed by atoms with E-state index in [2.05, 4.69) is 23.7 Å². The highest BCUT2D eigenvalue weighted by atomic mass is 32.1. The van der Waals surface area contributed by atoms with Gasteiger partial charge in [0.2, 0.25) is 0 Å². The lowest BCUT2D eigenvalue weighted by Crippen LogP contribution is -2.45. The molecule has 2 unspecified atom stereocenters. The van der Waals surface area contributed by atoms with Crippen molar-refractivity contribution in [2.75, 3.05) is 18.0 Å². The quantitative estimate of drug-likeness (QED) is 0.825. The molecule has 0 radical (unpaired) electrons. The Hall–Kier alpha value is -0.650. The van der Waals surface area contributed by atoms with E-state index in [-0.39, 0.29) is 12.2 Å². The van der Waals surface area contributed by atoms with Gasteiger partial charge in [-0.05, 0) is 13.8 Å². The molecule has 2 heterocycles. The normalized spacial score (nSPS) is 27.0. The van der Waals surface area contributed by atoms with Gasteiger partial charge >= 0.3 is 0 Å². The number of hydrogen-bond donors (Lipinski definition) is 1. The van der Waals surface area contributed by atoms with Crippen molar-refractivity contribution in [3.05, 3.63) is 11.1 Å². The van der Waals surface area contributed by atoms with Crippen LogP contribution in [0.3, 0.4) is 0 Å². The van der Waals surface area contributed by atoms with Gasteiger partial charge in [0.05, 0.1) is 17.9 Å². The summed E-state index contributed by atoms with van der Waals surface area (Å²) in [5, 5.41) is 3.09. The van der Waals surface area contributed by atoms with Crippen LogP contribution in [0.2, 0.25) is 0 Å². The van der Waals surface area contributed by atoms with E-state index in [0.717, 1.165) is 23.9 Å².